The number of rotatable bonds is 8. The van der Waals surface area contributed by atoms with E-state index in [1.807, 2.05) is 48.2 Å². The Bertz CT molecular complexity index is 1590. The number of fused-ring (bicyclic) bond motifs is 1. The smallest absolute Gasteiger partial charge is 0.331 e. The molecule has 204 valence electrons. The van der Waals surface area contributed by atoms with Gasteiger partial charge >= 0.3 is 5.69 Å². The van der Waals surface area contributed by atoms with Crippen molar-refractivity contribution in [3.05, 3.63) is 81.0 Å². The molecule has 1 amide bonds. The van der Waals surface area contributed by atoms with Crippen molar-refractivity contribution in [1.29, 1.82) is 0 Å². The number of piperidine rings is 1. The van der Waals surface area contributed by atoms with E-state index in [0.717, 1.165) is 29.8 Å². The summed E-state index contributed by atoms with van der Waals surface area (Å²) in [6.07, 6.45) is 2.47. The molecular formula is C30H34N4O5. The highest BCUT2D eigenvalue weighted by molar-refractivity contribution is 5.82. The Morgan fingerprint density at radius 1 is 1.05 bits per heavy atom. The lowest BCUT2D eigenvalue weighted by molar-refractivity contribution is -0.134. The zero-order chi connectivity index (χ0) is 27.5. The normalized spacial score (nSPS) is 14.1. The molecule has 9 heteroatoms. The molecule has 1 aliphatic heterocycles. The molecule has 0 spiro atoms. The molecule has 1 fully saturated rings. The van der Waals surface area contributed by atoms with Gasteiger partial charge in [-0.05, 0) is 72.7 Å². The molecule has 0 radical (unpaired) electrons. The van der Waals surface area contributed by atoms with E-state index in [2.05, 4.69) is 11.1 Å². The molecule has 1 N–H and O–H groups in total. The van der Waals surface area contributed by atoms with Crippen molar-refractivity contribution in [3.8, 4) is 22.8 Å². The van der Waals surface area contributed by atoms with Crippen LogP contribution in [0.3, 0.4) is 0 Å². The van der Waals surface area contributed by atoms with Gasteiger partial charge in [-0.1, -0.05) is 25.1 Å². The van der Waals surface area contributed by atoms with Gasteiger partial charge in [0, 0.05) is 32.4 Å². The van der Waals surface area contributed by atoms with Gasteiger partial charge in [0.1, 0.15) is 17.0 Å². The second-order valence-corrected chi connectivity index (χ2v) is 9.95. The maximum atomic E-state index is 12.8. The quantitative estimate of drug-likeness (QED) is 0.373. The number of benzene rings is 2. The average Bonchev–Trinajstić information content (AvgIpc) is 3.43. The monoisotopic (exact) mass is 530 g/mol. The van der Waals surface area contributed by atoms with E-state index >= 15 is 0 Å². The Morgan fingerprint density at radius 3 is 2.46 bits per heavy atom. The van der Waals surface area contributed by atoms with Crippen LogP contribution in [0.2, 0.25) is 0 Å². The molecule has 2 aromatic heterocycles. The Morgan fingerprint density at radius 2 is 1.77 bits per heavy atom. The maximum absolute atomic E-state index is 12.8. The molecule has 39 heavy (non-hydrogen) atoms. The van der Waals surface area contributed by atoms with Gasteiger partial charge in [-0.2, -0.15) is 0 Å². The van der Waals surface area contributed by atoms with E-state index in [9.17, 15) is 14.4 Å². The fourth-order valence-corrected chi connectivity index (χ4v) is 5.36. The average molecular weight is 531 g/mol. The summed E-state index contributed by atoms with van der Waals surface area (Å²) in [5.74, 6) is 1.83. The van der Waals surface area contributed by atoms with Crippen molar-refractivity contribution in [2.45, 2.75) is 38.6 Å². The largest absolute Gasteiger partial charge is 0.496 e. The van der Waals surface area contributed by atoms with Gasteiger partial charge in [0.25, 0.3) is 11.5 Å². The van der Waals surface area contributed by atoms with E-state index < -0.39 is 0 Å². The molecule has 0 bridgehead atoms. The number of para-hydroxylation sites is 1. The fourth-order valence-electron chi connectivity index (χ4n) is 5.36. The first-order valence-corrected chi connectivity index (χ1v) is 13.4. The standard InChI is InChI=1S/C30H34N4O5/c1-4-15-34-29(36)28-25(32(2)30(34)37)18-24(31-28)21-9-11-22(12-10-21)39-19-27(35)33-16-13-20(14-17-33)23-7-5-6-8-26(23)38-3/h5-12,18,20,31H,4,13-17,19H2,1-3H3. The minimum Gasteiger partial charge on any atom is -0.496 e. The molecule has 2 aromatic carbocycles. The van der Waals surface area contributed by atoms with E-state index in [0.29, 0.717) is 48.8 Å². The zero-order valence-corrected chi connectivity index (χ0v) is 22.6. The van der Waals surface area contributed by atoms with Crippen LogP contribution in [-0.4, -0.2) is 51.7 Å². The third kappa shape index (κ3) is 5.21. The number of aromatic amines is 1. The van der Waals surface area contributed by atoms with E-state index in [-0.39, 0.29) is 23.8 Å². The minimum atomic E-state index is -0.322. The summed E-state index contributed by atoms with van der Waals surface area (Å²) in [7, 11) is 3.36. The second kappa shape index (κ2) is 11.2. The number of ether oxygens (including phenoxy) is 2. The molecule has 0 aliphatic carbocycles. The highest BCUT2D eigenvalue weighted by atomic mass is 16.5. The number of likely N-dealkylation sites (tertiary alicyclic amines) is 1. The van der Waals surface area contributed by atoms with Crippen molar-refractivity contribution < 1.29 is 14.3 Å². The first-order valence-electron chi connectivity index (χ1n) is 13.4. The van der Waals surface area contributed by atoms with Crippen LogP contribution in [0.25, 0.3) is 22.3 Å². The summed E-state index contributed by atoms with van der Waals surface area (Å²) in [4.78, 5) is 43.3. The third-order valence-corrected chi connectivity index (χ3v) is 7.54. The van der Waals surface area contributed by atoms with Crippen molar-refractivity contribution in [2.75, 3.05) is 26.8 Å². The van der Waals surface area contributed by atoms with Crippen LogP contribution in [0, 0.1) is 0 Å². The Balaban J connectivity index is 1.21. The number of carbonyl (C=O) groups is 1. The minimum absolute atomic E-state index is 0.0237. The Hall–Kier alpha value is -4.27. The number of H-pyrrole nitrogens is 1. The second-order valence-electron chi connectivity index (χ2n) is 9.95. The zero-order valence-electron chi connectivity index (χ0n) is 22.6. The molecule has 4 aromatic rings. The third-order valence-electron chi connectivity index (χ3n) is 7.54. The highest BCUT2D eigenvalue weighted by Crippen LogP contribution is 2.34. The molecule has 0 unspecified atom stereocenters. The molecule has 0 saturated carbocycles. The SMILES string of the molecule is CCCn1c(=O)c2[nH]c(-c3ccc(OCC(=O)N4CCC(c5ccccc5OC)CC4)cc3)cc2n(C)c1=O. The van der Waals surface area contributed by atoms with Gasteiger partial charge in [0.2, 0.25) is 0 Å². The van der Waals surface area contributed by atoms with Crippen LogP contribution < -0.4 is 20.7 Å². The summed E-state index contributed by atoms with van der Waals surface area (Å²) in [5.41, 5.74) is 3.11. The predicted molar refractivity (Wildman–Crippen MR) is 151 cm³/mol. The number of hydrogen-bond donors (Lipinski definition) is 1. The maximum Gasteiger partial charge on any atom is 0.331 e. The molecule has 1 aliphatic rings. The topological polar surface area (TPSA) is 98.6 Å². The number of nitrogens with zero attached hydrogens (tertiary/aromatic N) is 3. The van der Waals surface area contributed by atoms with Crippen molar-refractivity contribution >= 4 is 16.9 Å². The van der Waals surface area contributed by atoms with Crippen molar-refractivity contribution in [1.82, 2.24) is 19.0 Å². The Labute approximate surface area is 226 Å². The lowest BCUT2D eigenvalue weighted by Gasteiger charge is -2.32. The first-order chi connectivity index (χ1) is 18.9. The number of carbonyl (C=O) groups excluding carboxylic acids is 1. The van der Waals surface area contributed by atoms with Gasteiger partial charge in [-0.25, -0.2) is 4.79 Å². The molecule has 3 heterocycles. The van der Waals surface area contributed by atoms with Crippen LogP contribution in [0.5, 0.6) is 11.5 Å². The number of hydrogen-bond acceptors (Lipinski definition) is 5. The van der Waals surface area contributed by atoms with Crippen molar-refractivity contribution in [3.63, 3.8) is 0 Å². The molecule has 0 atom stereocenters. The van der Waals surface area contributed by atoms with E-state index in [1.165, 1.54) is 14.7 Å². The fraction of sp³-hybridized carbons (Fsp3) is 0.367. The summed E-state index contributed by atoms with van der Waals surface area (Å²) < 4.78 is 14.1. The summed E-state index contributed by atoms with van der Waals surface area (Å²) >= 11 is 0. The molecule has 9 nitrogen and oxygen atoms in total. The van der Waals surface area contributed by atoms with Crippen molar-refractivity contribution in [2.24, 2.45) is 7.05 Å². The van der Waals surface area contributed by atoms with Gasteiger partial charge < -0.3 is 19.4 Å². The number of aromatic nitrogens is 3. The van der Waals surface area contributed by atoms with Crippen LogP contribution in [0.15, 0.2) is 64.2 Å². The highest BCUT2D eigenvalue weighted by Gasteiger charge is 2.25. The van der Waals surface area contributed by atoms with E-state index in [4.69, 9.17) is 9.47 Å². The lowest BCUT2D eigenvalue weighted by Crippen LogP contribution is -2.40. The van der Waals surface area contributed by atoms with Crippen LogP contribution in [-0.2, 0) is 18.4 Å². The van der Waals surface area contributed by atoms with Crippen LogP contribution in [0.1, 0.15) is 37.7 Å². The Kier molecular flexibility index (Phi) is 7.58. The summed E-state index contributed by atoms with van der Waals surface area (Å²) in [6.45, 7) is 3.66. The number of aryl methyl sites for hydroxylation is 1. The molecule has 1 saturated heterocycles. The van der Waals surface area contributed by atoms with Crippen LogP contribution in [0.4, 0.5) is 0 Å². The summed E-state index contributed by atoms with van der Waals surface area (Å²) in [6, 6.07) is 17.2. The van der Waals surface area contributed by atoms with Gasteiger partial charge in [0.15, 0.2) is 6.61 Å². The van der Waals surface area contributed by atoms with Crippen LogP contribution >= 0.6 is 0 Å². The number of nitrogens with one attached hydrogen (secondary N) is 1. The first kappa shape index (κ1) is 26.3. The van der Waals surface area contributed by atoms with E-state index in [1.54, 1.807) is 26.3 Å². The van der Waals surface area contributed by atoms with Gasteiger partial charge in [0.05, 0.1) is 12.6 Å². The van der Waals surface area contributed by atoms with Gasteiger partial charge in [-0.15, -0.1) is 0 Å². The summed E-state index contributed by atoms with van der Waals surface area (Å²) in [5, 5.41) is 0. The number of amides is 1. The van der Waals surface area contributed by atoms with Gasteiger partial charge in [-0.3, -0.25) is 18.7 Å². The molecular weight excluding hydrogens is 496 g/mol. The predicted octanol–water partition coefficient (Wildman–Crippen LogP) is 3.90. The molecule has 5 rings (SSSR count). The number of methoxy groups -OCH3 is 1. The lowest BCUT2D eigenvalue weighted by atomic mass is 9.89.